The molecule has 22 heavy (non-hydrogen) atoms. The molecule has 0 radical (unpaired) electrons. The van der Waals surface area contributed by atoms with Crippen LogP contribution in [-0.2, 0) is 9.53 Å². The first-order valence-corrected chi connectivity index (χ1v) is 6.92. The predicted molar refractivity (Wildman–Crippen MR) is 86.3 cm³/mol. The van der Waals surface area contributed by atoms with Gasteiger partial charge in [-0.25, -0.2) is 9.78 Å². The fourth-order valence-electron chi connectivity index (χ4n) is 1.98. The number of esters is 1. The number of hydrogen-bond donors (Lipinski definition) is 0. The number of carbonyl (C=O) groups excluding carboxylic acids is 1. The molecular formula is C17H17N3O2. The van der Waals surface area contributed by atoms with Crippen molar-refractivity contribution in [1.82, 2.24) is 4.98 Å². The molecule has 0 saturated heterocycles. The van der Waals surface area contributed by atoms with Crippen LogP contribution in [0.2, 0.25) is 0 Å². The van der Waals surface area contributed by atoms with Crippen LogP contribution in [0, 0.1) is 11.3 Å². The Balaban J connectivity index is 2.39. The van der Waals surface area contributed by atoms with E-state index in [2.05, 4.69) is 4.98 Å². The SMILES string of the molecule is CCOC(=O)C(C#N)=Cc1ccc2cc(N(C)C)ccc2n1. The topological polar surface area (TPSA) is 66.2 Å². The summed E-state index contributed by atoms with van der Waals surface area (Å²) in [4.78, 5) is 18.1. The maximum Gasteiger partial charge on any atom is 0.348 e. The minimum absolute atomic E-state index is 0.0568. The van der Waals surface area contributed by atoms with Gasteiger partial charge in [-0.3, -0.25) is 0 Å². The number of hydrogen-bond acceptors (Lipinski definition) is 5. The highest BCUT2D eigenvalue weighted by atomic mass is 16.5. The van der Waals surface area contributed by atoms with Crippen LogP contribution in [0.15, 0.2) is 35.9 Å². The van der Waals surface area contributed by atoms with Gasteiger partial charge in [0, 0.05) is 25.2 Å². The number of ether oxygens (including phenoxy) is 1. The summed E-state index contributed by atoms with van der Waals surface area (Å²) in [5.74, 6) is -0.630. The highest BCUT2D eigenvalue weighted by Gasteiger charge is 2.10. The van der Waals surface area contributed by atoms with Crippen molar-refractivity contribution < 1.29 is 9.53 Å². The lowest BCUT2D eigenvalue weighted by molar-refractivity contribution is -0.137. The van der Waals surface area contributed by atoms with Crippen LogP contribution in [0.3, 0.4) is 0 Å². The molecule has 0 unspecified atom stereocenters. The molecule has 0 aliphatic carbocycles. The molecule has 1 heterocycles. The van der Waals surface area contributed by atoms with Crippen LogP contribution in [0.25, 0.3) is 17.0 Å². The summed E-state index contributed by atoms with van der Waals surface area (Å²) < 4.78 is 4.83. The third-order valence-corrected chi connectivity index (χ3v) is 3.12. The molecule has 112 valence electrons. The summed E-state index contributed by atoms with van der Waals surface area (Å²) in [5, 5.41) is 10.0. The number of aromatic nitrogens is 1. The summed E-state index contributed by atoms with van der Waals surface area (Å²) >= 11 is 0. The monoisotopic (exact) mass is 295 g/mol. The maximum atomic E-state index is 11.6. The van der Waals surface area contributed by atoms with E-state index in [0.29, 0.717) is 5.69 Å². The van der Waals surface area contributed by atoms with Crippen molar-refractivity contribution in [3.8, 4) is 6.07 Å². The van der Waals surface area contributed by atoms with Crippen molar-refractivity contribution in [3.63, 3.8) is 0 Å². The molecule has 5 nitrogen and oxygen atoms in total. The molecule has 2 aromatic rings. The van der Waals surface area contributed by atoms with Gasteiger partial charge in [0.25, 0.3) is 0 Å². The van der Waals surface area contributed by atoms with Gasteiger partial charge >= 0.3 is 5.97 Å². The smallest absolute Gasteiger partial charge is 0.348 e. The number of fused-ring (bicyclic) bond motifs is 1. The van der Waals surface area contributed by atoms with Crippen LogP contribution >= 0.6 is 0 Å². The second kappa shape index (κ2) is 6.72. The highest BCUT2D eigenvalue weighted by molar-refractivity contribution is 5.98. The van der Waals surface area contributed by atoms with Crippen molar-refractivity contribution in [2.24, 2.45) is 0 Å². The lowest BCUT2D eigenvalue weighted by Gasteiger charge is -2.12. The average Bonchev–Trinajstić information content (AvgIpc) is 2.52. The van der Waals surface area contributed by atoms with E-state index in [1.54, 1.807) is 13.0 Å². The summed E-state index contributed by atoms with van der Waals surface area (Å²) in [6.45, 7) is 1.93. The molecule has 0 aliphatic heterocycles. The first-order chi connectivity index (χ1) is 10.5. The van der Waals surface area contributed by atoms with Gasteiger partial charge < -0.3 is 9.64 Å². The van der Waals surface area contributed by atoms with Gasteiger partial charge in [0.15, 0.2) is 0 Å². The number of nitriles is 1. The molecule has 1 aromatic carbocycles. The zero-order chi connectivity index (χ0) is 16.1. The minimum atomic E-state index is -0.630. The summed E-state index contributed by atoms with van der Waals surface area (Å²) in [7, 11) is 3.95. The Morgan fingerprint density at radius 1 is 1.36 bits per heavy atom. The van der Waals surface area contributed by atoms with Crippen molar-refractivity contribution in [3.05, 3.63) is 41.6 Å². The third-order valence-electron chi connectivity index (χ3n) is 3.12. The quantitative estimate of drug-likeness (QED) is 0.493. The van der Waals surface area contributed by atoms with Crippen LogP contribution in [0.1, 0.15) is 12.6 Å². The fourth-order valence-corrected chi connectivity index (χ4v) is 1.98. The van der Waals surface area contributed by atoms with Gasteiger partial charge in [-0.2, -0.15) is 5.26 Å². The fraction of sp³-hybridized carbons (Fsp3) is 0.235. The van der Waals surface area contributed by atoms with E-state index in [9.17, 15) is 4.79 Å². The van der Waals surface area contributed by atoms with Crippen molar-refractivity contribution in [1.29, 1.82) is 5.26 Å². The molecular weight excluding hydrogens is 278 g/mol. The van der Waals surface area contributed by atoms with Crippen molar-refractivity contribution in [2.45, 2.75) is 6.92 Å². The molecule has 0 fully saturated rings. The summed E-state index contributed by atoms with van der Waals surface area (Å²) in [5.41, 5.74) is 2.38. The molecule has 2 rings (SSSR count). The number of anilines is 1. The largest absolute Gasteiger partial charge is 0.462 e. The third kappa shape index (κ3) is 3.41. The number of benzene rings is 1. The second-order valence-corrected chi connectivity index (χ2v) is 4.90. The molecule has 1 aromatic heterocycles. The number of rotatable bonds is 4. The highest BCUT2D eigenvalue weighted by Crippen LogP contribution is 2.20. The standard InChI is InChI=1S/C17H17N3O2/c1-4-22-17(21)13(11-18)9-14-6-5-12-10-15(20(2)3)7-8-16(12)19-14/h5-10H,4H2,1-3H3. The van der Waals surface area contributed by atoms with Gasteiger partial charge in [-0.1, -0.05) is 6.07 Å². The normalized spacial score (nSPS) is 11.1. The van der Waals surface area contributed by atoms with E-state index in [0.717, 1.165) is 16.6 Å². The molecule has 0 spiro atoms. The Labute approximate surface area is 129 Å². The molecule has 5 heteroatoms. The van der Waals surface area contributed by atoms with Crippen LogP contribution < -0.4 is 4.90 Å². The second-order valence-electron chi connectivity index (χ2n) is 4.90. The van der Waals surface area contributed by atoms with Gasteiger partial charge in [0.1, 0.15) is 11.6 Å². The number of nitrogens with zero attached hydrogens (tertiary/aromatic N) is 3. The van der Waals surface area contributed by atoms with Crippen LogP contribution in [0.4, 0.5) is 5.69 Å². The van der Waals surface area contributed by atoms with Gasteiger partial charge in [0.05, 0.1) is 17.8 Å². The van der Waals surface area contributed by atoms with Crippen molar-refractivity contribution in [2.75, 3.05) is 25.6 Å². The van der Waals surface area contributed by atoms with Gasteiger partial charge in [-0.05, 0) is 37.3 Å². The molecule has 0 atom stereocenters. The van der Waals surface area contributed by atoms with Crippen LogP contribution in [0.5, 0.6) is 0 Å². The van der Waals surface area contributed by atoms with E-state index in [-0.39, 0.29) is 12.2 Å². The minimum Gasteiger partial charge on any atom is -0.462 e. The Morgan fingerprint density at radius 2 is 2.14 bits per heavy atom. The van der Waals surface area contributed by atoms with E-state index < -0.39 is 5.97 Å². The zero-order valence-electron chi connectivity index (χ0n) is 12.8. The van der Waals surface area contributed by atoms with E-state index in [1.165, 1.54) is 6.08 Å². The molecule has 0 amide bonds. The Bertz CT molecular complexity index is 773. The Morgan fingerprint density at radius 3 is 2.77 bits per heavy atom. The summed E-state index contributed by atoms with van der Waals surface area (Å²) in [6, 6.07) is 11.5. The molecule has 0 aliphatic rings. The van der Waals surface area contributed by atoms with E-state index >= 15 is 0 Å². The van der Waals surface area contributed by atoms with Crippen molar-refractivity contribution >= 4 is 28.6 Å². The summed E-state index contributed by atoms with van der Waals surface area (Å²) in [6.07, 6.45) is 1.44. The Hall–Kier alpha value is -2.87. The first-order valence-electron chi connectivity index (χ1n) is 6.92. The average molecular weight is 295 g/mol. The lowest BCUT2D eigenvalue weighted by Crippen LogP contribution is -2.08. The predicted octanol–water partition coefficient (Wildman–Crippen LogP) is 2.77. The maximum absolute atomic E-state index is 11.6. The number of pyridine rings is 1. The van der Waals surface area contributed by atoms with Gasteiger partial charge in [0.2, 0.25) is 0 Å². The van der Waals surface area contributed by atoms with Gasteiger partial charge in [-0.15, -0.1) is 0 Å². The van der Waals surface area contributed by atoms with E-state index in [4.69, 9.17) is 10.00 Å². The lowest BCUT2D eigenvalue weighted by atomic mass is 10.1. The molecule has 0 saturated carbocycles. The zero-order valence-corrected chi connectivity index (χ0v) is 12.8. The molecule has 0 bridgehead atoms. The number of carbonyl (C=O) groups is 1. The Kier molecular flexibility index (Phi) is 4.74. The van der Waals surface area contributed by atoms with Crippen LogP contribution in [-0.4, -0.2) is 31.7 Å². The van der Waals surface area contributed by atoms with E-state index in [1.807, 2.05) is 49.3 Å². The first kappa shape index (κ1) is 15.5. The molecule has 0 N–H and O–H groups in total.